The Morgan fingerprint density at radius 3 is 2.85 bits per heavy atom. The van der Waals surface area contributed by atoms with Crippen molar-refractivity contribution >= 4 is 11.9 Å². The Morgan fingerprint density at radius 2 is 2.08 bits per heavy atom. The van der Waals surface area contributed by atoms with Crippen LogP contribution in [0.2, 0.25) is 0 Å². The van der Waals surface area contributed by atoms with Crippen LogP contribution in [-0.4, -0.2) is 34.6 Å². The molecule has 0 spiro atoms. The molecule has 2 N–H and O–H groups in total. The molecule has 2 heterocycles. The summed E-state index contributed by atoms with van der Waals surface area (Å²) in [6, 6.07) is 6.82. The van der Waals surface area contributed by atoms with Crippen LogP contribution in [0.1, 0.15) is 35.2 Å². The summed E-state index contributed by atoms with van der Waals surface area (Å²) in [6.45, 7) is 0.692. The number of carboxylic acid groups (broad SMARTS) is 1. The molecular formula is C20H20N2O4. The average Bonchev–Trinajstić information content (AvgIpc) is 3.34. The lowest BCUT2D eigenvalue weighted by Gasteiger charge is -2.14. The summed E-state index contributed by atoms with van der Waals surface area (Å²) >= 11 is 0. The lowest BCUT2D eigenvalue weighted by atomic mass is 10.0. The fourth-order valence-corrected chi connectivity index (χ4v) is 3.24. The molecule has 1 unspecified atom stereocenters. The molecule has 6 nitrogen and oxygen atoms in total. The number of fused-ring (bicyclic) bond motifs is 1. The second kappa shape index (κ2) is 6.78. The Kier molecular flexibility index (Phi) is 4.32. The van der Waals surface area contributed by atoms with Gasteiger partial charge in [-0.1, -0.05) is 18.9 Å². The van der Waals surface area contributed by atoms with E-state index in [0.29, 0.717) is 24.5 Å². The summed E-state index contributed by atoms with van der Waals surface area (Å²) in [5, 5.41) is 12.0. The Labute approximate surface area is 151 Å². The third kappa shape index (κ3) is 3.54. The zero-order valence-electron chi connectivity index (χ0n) is 14.3. The Bertz CT molecular complexity index is 861. The highest BCUT2D eigenvalue weighted by Gasteiger charge is 2.30. The minimum Gasteiger partial charge on any atom is -0.493 e. The summed E-state index contributed by atoms with van der Waals surface area (Å²) in [6.07, 6.45) is 6.60. The maximum absolute atomic E-state index is 12.5. The van der Waals surface area contributed by atoms with Crippen molar-refractivity contribution in [2.45, 2.75) is 31.7 Å². The van der Waals surface area contributed by atoms with Crippen LogP contribution in [0, 0.1) is 5.92 Å². The van der Waals surface area contributed by atoms with Crippen LogP contribution >= 0.6 is 0 Å². The van der Waals surface area contributed by atoms with Crippen LogP contribution in [0.4, 0.5) is 0 Å². The van der Waals surface area contributed by atoms with Gasteiger partial charge in [0.25, 0.3) is 5.91 Å². The number of amides is 1. The number of pyridine rings is 1. The maximum Gasteiger partial charge on any atom is 0.326 e. The molecule has 1 saturated carbocycles. The molecule has 4 rings (SSSR count). The molecule has 1 amide bonds. The van der Waals surface area contributed by atoms with Gasteiger partial charge in [0.1, 0.15) is 11.8 Å². The van der Waals surface area contributed by atoms with Gasteiger partial charge in [-0.25, -0.2) is 4.79 Å². The number of rotatable bonds is 6. The highest BCUT2D eigenvalue weighted by Crippen LogP contribution is 2.34. The van der Waals surface area contributed by atoms with E-state index in [9.17, 15) is 14.7 Å². The van der Waals surface area contributed by atoms with Gasteiger partial charge in [0.15, 0.2) is 0 Å². The van der Waals surface area contributed by atoms with E-state index in [1.807, 2.05) is 18.2 Å². The van der Waals surface area contributed by atoms with Gasteiger partial charge in [0.2, 0.25) is 0 Å². The van der Waals surface area contributed by atoms with E-state index in [1.54, 1.807) is 12.3 Å². The number of ether oxygens (including phenoxy) is 1. The molecule has 2 aromatic rings. The van der Waals surface area contributed by atoms with Crippen molar-refractivity contribution in [3.8, 4) is 16.9 Å². The van der Waals surface area contributed by atoms with Crippen LogP contribution in [-0.2, 0) is 11.2 Å². The molecule has 0 bridgehead atoms. The molecule has 1 aliphatic carbocycles. The first-order valence-corrected chi connectivity index (χ1v) is 8.85. The molecule has 1 aromatic carbocycles. The molecule has 134 valence electrons. The maximum atomic E-state index is 12.5. The minimum atomic E-state index is -0.993. The van der Waals surface area contributed by atoms with Gasteiger partial charge in [-0.3, -0.25) is 9.78 Å². The van der Waals surface area contributed by atoms with Crippen molar-refractivity contribution in [2.75, 3.05) is 6.61 Å². The molecular weight excluding hydrogens is 332 g/mol. The number of aliphatic carboxylic acids is 1. The number of hydrogen-bond donors (Lipinski definition) is 2. The summed E-state index contributed by atoms with van der Waals surface area (Å²) in [7, 11) is 0. The molecule has 1 atom stereocenters. The van der Waals surface area contributed by atoms with Crippen LogP contribution in [0.15, 0.2) is 36.7 Å². The summed E-state index contributed by atoms with van der Waals surface area (Å²) in [5.41, 5.74) is 3.29. The zero-order valence-corrected chi connectivity index (χ0v) is 14.3. The van der Waals surface area contributed by atoms with Gasteiger partial charge in [0, 0.05) is 24.4 Å². The molecule has 1 aromatic heterocycles. The number of hydrogen-bond acceptors (Lipinski definition) is 4. The van der Waals surface area contributed by atoms with Gasteiger partial charge >= 0.3 is 5.97 Å². The van der Waals surface area contributed by atoms with Crippen molar-refractivity contribution in [2.24, 2.45) is 5.92 Å². The van der Waals surface area contributed by atoms with Gasteiger partial charge in [-0.2, -0.15) is 0 Å². The molecule has 6 heteroatoms. The molecule has 2 aliphatic rings. The highest BCUT2D eigenvalue weighted by atomic mass is 16.5. The van der Waals surface area contributed by atoms with E-state index in [-0.39, 0.29) is 0 Å². The van der Waals surface area contributed by atoms with Crippen molar-refractivity contribution in [3.63, 3.8) is 0 Å². The Morgan fingerprint density at radius 1 is 1.23 bits per heavy atom. The number of benzene rings is 1. The first-order valence-electron chi connectivity index (χ1n) is 8.85. The number of carbonyl (C=O) groups is 2. The summed E-state index contributed by atoms with van der Waals surface area (Å²) < 4.78 is 5.52. The van der Waals surface area contributed by atoms with Gasteiger partial charge in [-0.15, -0.1) is 0 Å². The quantitative estimate of drug-likeness (QED) is 0.834. The molecule has 26 heavy (non-hydrogen) atoms. The monoisotopic (exact) mass is 352 g/mol. The number of carbonyl (C=O) groups excluding carboxylic acids is 1. The molecule has 1 fully saturated rings. The normalized spacial score (nSPS) is 16.5. The van der Waals surface area contributed by atoms with Crippen LogP contribution < -0.4 is 10.1 Å². The van der Waals surface area contributed by atoms with Crippen LogP contribution in [0.3, 0.4) is 0 Å². The van der Waals surface area contributed by atoms with E-state index in [1.165, 1.54) is 6.20 Å². The predicted molar refractivity (Wildman–Crippen MR) is 95.1 cm³/mol. The standard InChI is InChI=1S/C20H20N2O4/c23-19(22-17(20(24)25)7-12-1-2-12)16-9-15(10-21-11-16)13-3-4-18-14(8-13)5-6-26-18/h3-4,8-12,17H,1-2,5-7H2,(H,22,23)(H,24,25). The molecule has 0 radical (unpaired) electrons. The zero-order chi connectivity index (χ0) is 18.1. The van der Waals surface area contributed by atoms with Crippen molar-refractivity contribution in [3.05, 3.63) is 47.8 Å². The highest BCUT2D eigenvalue weighted by molar-refractivity contribution is 5.97. The van der Waals surface area contributed by atoms with E-state index in [2.05, 4.69) is 10.3 Å². The Hall–Kier alpha value is -2.89. The predicted octanol–water partition coefficient (Wildman–Crippen LogP) is 2.67. The van der Waals surface area contributed by atoms with Crippen molar-refractivity contribution in [1.82, 2.24) is 10.3 Å². The third-order valence-electron chi connectivity index (χ3n) is 4.89. The first-order chi connectivity index (χ1) is 12.6. The number of nitrogens with zero attached hydrogens (tertiary/aromatic N) is 1. The number of aromatic nitrogens is 1. The smallest absolute Gasteiger partial charge is 0.326 e. The SMILES string of the molecule is O=C(NC(CC1CC1)C(=O)O)c1cncc(-c2ccc3c(c2)CCO3)c1. The van der Waals surface area contributed by atoms with E-state index < -0.39 is 17.9 Å². The number of nitrogens with one attached hydrogen (secondary N) is 1. The van der Waals surface area contributed by atoms with E-state index in [4.69, 9.17) is 4.74 Å². The van der Waals surface area contributed by atoms with Crippen LogP contribution in [0.5, 0.6) is 5.75 Å². The number of carboxylic acids is 1. The second-order valence-electron chi connectivity index (χ2n) is 6.93. The summed E-state index contributed by atoms with van der Waals surface area (Å²) in [4.78, 5) is 28.0. The first kappa shape index (κ1) is 16.6. The largest absolute Gasteiger partial charge is 0.493 e. The lowest BCUT2D eigenvalue weighted by molar-refractivity contribution is -0.139. The van der Waals surface area contributed by atoms with Crippen molar-refractivity contribution < 1.29 is 19.4 Å². The van der Waals surface area contributed by atoms with Crippen LogP contribution in [0.25, 0.3) is 11.1 Å². The fourth-order valence-electron chi connectivity index (χ4n) is 3.24. The van der Waals surface area contributed by atoms with Crippen molar-refractivity contribution in [1.29, 1.82) is 0 Å². The third-order valence-corrected chi connectivity index (χ3v) is 4.89. The topological polar surface area (TPSA) is 88.5 Å². The second-order valence-corrected chi connectivity index (χ2v) is 6.93. The van der Waals surface area contributed by atoms with Gasteiger partial charge in [0.05, 0.1) is 12.2 Å². The van der Waals surface area contributed by atoms with Gasteiger partial charge in [-0.05, 0) is 41.7 Å². The lowest BCUT2D eigenvalue weighted by Crippen LogP contribution is -2.41. The molecule has 1 aliphatic heterocycles. The minimum absolute atomic E-state index is 0.362. The van der Waals surface area contributed by atoms with E-state index >= 15 is 0 Å². The fraction of sp³-hybridized carbons (Fsp3) is 0.350. The molecule has 0 saturated heterocycles. The van der Waals surface area contributed by atoms with Gasteiger partial charge < -0.3 is 15.2 Å². The Balaban J connectivity index is 1.53. The van der Waals surface area contributed by atoms with E-state index in [0.717, 1.165) is 41.7 Å². The average molecular weight is 352 g/mol. The summed E-state index contributed by atoms with van der Waals surface area (Å²) in [5.74, 6) is -0.0839.